The highest BCUT2D eigenvalue weighted by molar-refractivity contribution is 5.74. The lowest BCUT2D eigenvalue weighted by Gasteiger charge is -2.29. The fourth-order valence-corrected chi connectivity index (χ4v) is 3.87. The minimum Gasteiger partial charge on any atom is -0.338 e. The van der Waals surface area contributed by atoms with E-state index in [0.29, 0.717) is 5.92 Å². The summed E-state index contributed by atoms with van der Waals surface area (Å²) < 4.78 is 11.9. The summed E-state index contributed by atoms with van der Waals surface area (Å²) in [6.07, 6.45) is 8.16. The number of hydrogen-bond donors (Lipinski definition) is 1. The van der Waals surface area contributed by atoms with E-state index in [1.54, 1.807) is 18.2 Å². The van der Waals surface area contributed by atoms with Gasteiger partial charge in [0.2, 0.25) is 0 Å². The Morgan fingerprint density at radius 1 is 0.968 bits per heavy atom. The predicted octanol–water partition coefficient (Wildman–Crippen LogP) is 5.09. The number of fused-ring (bicyclic) bond motifs is 1. The summed E-state index contributed by atoms with van der Waals surface area (Å²) in [5.41, 5.74) is 2.67. The third kappa shape index (κ3) is 7.98. The van der Waals surface area contributed by atoms with Crippen molar-refractivity contribution in [2.24, 2.45) is 5.92 Å². The van der Waals surface area contributed by atoms with Crippen LogP contribution in [0.4, 0.5) is 9.18 Å². The first-order chi connectivity index (χ1) is 15.1. The lowest BCUT2D eigenvalue weighted by Crippen LogP contribution is -2.44. The van der Waals surface area contributed by atoms with Gasteiger partial charge in [0, 0.05) is 26.2 Å². The highest BCUT2D eigenvalue weighted by atomic mass is 19.1. The Bertz CT molecular complexity index is 790. The second kappa shape index (κ2) is 12.5. The lowest BCUT2D eigenvalue weighted by atomic mass is 10.0. The topological polar surface area (TPSA) is 35.6 Å². The van der Waals surface area contributed by atoms with Gasteiger partial charge in [-0.3, -0.25) is 0 Å². The average molecular weight is 426 g/mol. The van der Waals surface area contributed by atoms with Gasteiger partial charge < -0.3 is 15.1 Å². The minimum atomic E-state index is -0.178. The van der Waals surface area contributed by atoms with E-state index in [0.717, 1.165) is 39.1 Å². The molecule has 0 radical (unpaired) electrons. The third-order valence-electron chi connectivity index (χ3n) is 6.18. The molecule has 2 amide bonds. The molecule has 0 spiro atoms. The molecule has 3 aliphatic rings. The number of likely N-dealkylation sites (tertiary alicyclic amines) is 1. The molecule has 168 valence electrons. The van der Waals surface area contributed by atoms with E-state index < -0.39 is 0 Å². The van der Waals surface area contributed by atoms with Crippen LogP contribution in [0.2, 0.25) is 0 Å². The highest BCUT2D eigenvalue weighted by Gasteiger charge is 2.23. The van der Waals surface area contributed by atoms with E-state index in [9.17, 15) is 9.18 Å². The number of nitrogens with one attached hydrogen (secondary N) is 1. The van der Waals surface area contributed by atoms with Gasteiger partial charge in [-0.2, -0.15) is 0 Å². The van der Waals surface area contributed by atoms with Crippen molar-refractivity contribution < 1.29 is 9.18 Å². The second-order valence-corrected chi connectivity index (χ2v) is 8.75. The summed E-state index contributed by atoms with van der Waals surface area (Å²) in [7, 11) is 2.14. The van der Waals surface area contributed by atoms with Crippen LogP contribution in [-0.2, 0) is 13.0 Å². The summed E-state index contributed by atoms with van der Waals surface area (Å²) in [6, 6.07) is 16.4. The Morgan fingerprint density at radius 2 is 1.61 bits per heavy atom. The van der Waals surface area contributed by atoms with Gasteiger partial charge in [-0.05, 0) is 55.6 Å². The van der Waals surface area contributed by atoms with E-state index in [-0.39, 0.29) is 11.8 Å². The third-order valence-corrected chi connectivity index (χ3v) is 6.18. The van der Waals surface area contributed by atoms with Gasteiger partial charge in [-0.1, -0.05) is 68.1 Å². The summed E-state index contributed by atoms with van der Waals surface area (Å²) in [4.78, 5) is 16.5. The smallest absolute Gasteiger partial charge is 0.317 e. The molecule has 1 atom stereocenters. The number of hydrogen-bond acceptors (Lipinski definition) is 2. The van der Waals surface area contributed by atoms with Crippen molar-refractivity contribution in [1.29, 1.82) is 0 Å². The molecular formula is C26H36FN3O. The second-order valence-electron chi connectivity index (χ2n) is 8.75. The van der Waals surface area contributed by atoms with Gasteiger partial charge in [0.1, 0.15) is 5.82 Å². The highest BCUT2D eigenvalue weighted by Crippen LogP contribution is 2.19. The number of rotatable bonds is 2. The van der Waals surface area contributed by atoms with E-state index in [1.165, 1.54) is 55.4 Å². The molecule has 31 heavy (non-hydrogen) atoms. The Kier molecular flexibility index (Phi) is 9.35. The molecule has 4 nitrogen and oxygen atoms in total. The van der Waals surface area contributed by atoms with Crippen molar-refractivity contribution >= 4 is 6.03 Å². The molecule has 1 N–H and O–H groups in total. The number of benzene rings is 2. The van der Waals surface area contributed by atoms with Crippen LogP contribution in [-0.4, -0.2) is 49.1 Å². The SMILES string of the molecule is C1CCC1.CN1CCC(CNC(=O)N2CCc3ccccc3C2)C1.Fc1ccccc1. The maximum atomic E-state index is 12.2. The monoisotopic (exact) mass is 425 g/mol. The molecule has 2 aromatic carbocycles. The molecule has 1 saturated carbocycles. The lowest BCUT2D eigenvalue weighted by molar-refractivity contribution is 0.190. The standard InChI is InChI=1S/C16H23N3O.C6H5F.C4H8/c1-18-8-6-13(11-18)10-17-16(20)19-9-7-14-4-2-3-5-15(14)12-19;7-6-4-2-1-3-5-6;1-2-4-3-1/h2-5,13H,6-12H2,1H3,(H,17,20);1-5H;1-4H2. The normalized spacial score (nSPS) is 19.7. The minimum absolute atomic E-state index is 0.0917. The Hall–Kier alpha value is -2.40. The number of nitrogens with zero attached hydrogens (tertiary/aromatic N) is 2. The number of urea groups is 1. The fourth-order valence-electron chi connectivity index (χ4n) is 3.87. The molecule has 2 aliphatic heterocycles. The van der Waals surface area contributed by atoms with Crippen molar-refractivity contribution in [3.63, 3.8) is 0 Å². The molecule has 1 saturated heterocycles. The quantitative estimate of drug-likeness (QED) is 0.727. The van der Waals surface area contributed by atoms with Gasteiger partial charge in [-0.25, -0.2) is 9.18 Å². The molecular weight excluding hydrogens is 389 g/mol. The zero-order valence-corrected chi connectivity index (χ0v) is 18.7. The van der Waals surface area contributed by atoms with Crippen molar-refractivity contribution in [3.05, 3.63) is 71.5 Å². The van der Waals surface area contributed by atoms with Crippen LogP contribution in [0.3, 0.4) is 0 Å². The van der Waals surface area contributed by atoms with Crippen LogP contribution < -0.4 is 5.32 Å². The zero-order chi connectivity index (χ0) is 21.9. The van der Waals surface area contributed by atoms with Crippen molar-refractivity contribution in [2.45, 2.75) is 45.1 Å². The fraction of sp³-hybridized carbons (Fsp3) is 0.500. The molecule has 1 aliphatic carbocycles. The van der Waals surface area contributed by atoms with Crippen molar-refractivity contribution in [3.8, 4) is 0 Å². The molecule has 2 fully saturated rings. The molecule has 0 aromatic heterocycles. The first kappa shape index (κ1) is 23.3. The van der Waals surface area contributed by atoms with E-state index in [1.807, 2.05) is 4.90 Å². The molecule has 0 bridgehead atoms. The van der Waals surface area contributed by atoms with Gasteiger partial charge >= 0.3 is 6.03 Å². The van der Waals surface area contributed by atoms with Crippen LogP contribution in [0, 0.1) is 11.7 Å². The summed E-state index contributed by atoms with van der Waals surface area (Å²) in [5.74, 6) is 0.434. The largest absolute Gasteiger partial charge is 0.338 e. The van der Waals surface area contributed by atoms with Crippen molar-refractivity contribution in [2.75, 3.05) is 33.2 Å². The zero-order valence-electron chi connectivity index (χ0n) is 18.7. The maximum Gasteiger partial charge on any atom is 0.317 e. The molecule has 2 heterocycles. The Labute approximate surface area is 186 Å². The maximum absolute atomic E-state index is 12.2. The Morgan fingerprint density at radius 3 is 2.16 bits per heavy atom. The molecule has 5 heteroatoms. The van der Waals surface area contributed by atoms with Crippen LogP contribution in [0.25, 0.3) is 0 Å². The van der Waals surface area contributed by atoms with Crippen LogP contribution >= 0.6 is 0 Å². The van der Waals surface area contributed by atoms with E-state index in [4.69, 9.17) is 0 Å². The van der Waals surface area contributed by atoms with Gasteiger partial charge in [0.05, 0.1) is 0 Å². The van der Waals surface area contributed by atoms with Gasteiger partial charge in [0.15, 0.2) is 0 Å². The summed E-state index contributed by atoms with van der Waals surface area (Å²) >= 11 is 0. The van der Waals surface area contributed by atoms with E-state index in [2.05, 4.69) is 41.5 Å². The number of halogens is 1. The van der Waals surface area contributed by atoms with Crippen LogP contribution in [0.1, 0.15) is 43.2 Å². The molecule has 1 unspecified atom stereocenters. The first-order valence-electron chi connectivity index (χ1n) is 11.6. The van der Waals surface area contributed by atoms with Crippen molar-refractivity contribution in [1.82, 2.24) is 15.1 Å². The van der Waals surface area contributed by atoms with Crippen LogP contribution in [0.15, 0.2) is 54.6 Å². The molecule has 2 aromatic rings. The number of carbonyl (C=O) groups is 1. The number of carbonyl (C=O) groups excluding carboxylic acids is 1. The summed E-state index contributed by atoms with van der Waals surface area (Å²) in [5, 5.41) is 3.11. The average Bonchev–Trinajstić information content (AvgIpc) is 3.16. The van der Waals surface area contributed by atoms with Crippen LogP contribution in [0.5, 0.6) is 0 Å². The van der Waals surface area contributed by atoms with Gasteiger partial charge in [-0.15, -0.1) is 0 Å². The first-order valence-corrected chi connectivity index (χ1v) is 11.6. The Balaban J connectivity index is 0.000000201. The van der Waals surface area contributed by atoms with Gasteiger partial charge in [0.25, 0.3) is 0 Å². The summed E-state index contributed by atoms with van der Waals surface area (Å²) in [6.45, 7) is 4.63. The number of amides is 2. The van der Waals surface area contributed by atoms with E-state index >= 15 is 0 Å². The predicted molar refractivity (Wildman–Crippen MR) is 124 cm³/mol. The molecule has 5 rings (SSSR count).